The van der Waals surface area contributed by atoms with Gasteiger partial charge in [0.25, 0.3) is 0 Å². The third-order valence-corrected chi connectivity index (χ3v) is 14.1. The van der Waals surface area contributed by atoms with Crippen LogP contribution in [-0.4, -0.2) is 82.3 Å². The Bertz CT molecular complexity index is 2580. The number of alkyl halides is 1. The van der Waals surface area contributed by atoms with Crippen molar-refractivity contribution >= 4 is 31.6 Å². The van der Waals surface area contributed by atoms with Crippen molar-refractivity contribution in [3.8, 4) is 11.5 Å². The molecule has 21 heteroatoms. The van der Waals surface area contributed by atoms with E-state index in [0.29, 0.717) is 94.5 Å². The highest BCUT2D eigenvalue weighted by Crippen LogP contribution is 2.28. The Morgan fingerprint density at radius 1 is 0.683 bits per heavy atom. The lowest BCUT2D eigenvalue weighted by atomic mass is 9.99. The second kappa shape index (κ2) is 21.1. The molecular weight excluding hydrogens is 896 g/mol. The summed E-state index contributed by atoms with van der Waals surface area (Å²) in [6.45, 7) is 4.64. The molecule has 4 aliphatic rings. The van der Waals surface area contributed by atoms with Gasteiger partial charge < -0.3 is 23.6 Å². The topological polar surface area (TPSA) is 169 Å². The molecule has 6 heterocycles. The van der Waals surface area contributed by atoms with Crippen molar-refractivity contribution in [1.82, 2.24) is 18.8 Å². The molecule has 0 atom stereocenters. The van der Waals surface area contributed by atoms with Gasteiger partial charge in [0.2, 0.25) is 42.4 Å². The monoisotopic (exact) mass is 944 g/mol. The summed E-state index contributed by atoms with van der Waals surface area (Å²) in [6, 6.07) is 8.14. The molecule has 0 aliphatic carbocycles. The molecule has 2 fully saturated rings. The minimum absolute atomic E-state index is 0.104. The smallest absolute Gasteiger partial charge is 0.227 e. The minimum atomic E-state index is -3.18. The fourth-order valence-electron chi connectivity index (χ4n) is 7.59. The fraction of sp³-hybridized carbons (Fsp3) is 0.476. The Labute approximate surface area is 367 Å². The summed E-state index contributed by atoms with van der Waals surface area (Å²) in [5, 5.41) is 2.95. The SMILES string of the molecule is CS(=O)(=O)N1CCC(COc2coc(CCl)cc2=O)CC1.CS(=O)(=O)N1CCC(COc2coc(CN3Cc4ccc(F)c(F)c4C3)cc2=O)CC1.Fc1ccc2c(c1F)CNC2. The summed E-state index contributed by atoms with van der Waals surface area (Å²) in [5.41, 5.74) is 1.83. The van der Waals surface area contributed by atoms with Crippen LogP contribution in [0, 0.1) is 35.1 Å². The number of hydrogen-bond donors (Lipinski definition) is 1. The molecule has 344 valence electrons. The van der Waals surface area contributed by atoms with E-state index in [-0.39, 0.29) is 53.2 Å². The maximum atomic E-state index is 13.9. The molecule has 4 aliphatic heterocycles. The second-order valence-electron chi connectivity index (χ2n) is 15.9. The molecule has 8 rings (SSSR count). The van der Waals surface area contributed by atoms with E-state index in [4.69, 9.17) is 29.9 Å². The Kier molecular flexibility index (Phi) is 16.1. The summed E-state index contributed by atoms with van der Waals surface area (Å²) >= 11 is 5.57. The van der Waals surface area contributed by atoms with Crippen molar-refractivity contribution in [2.45, 2.75) is 64.3 Å². The van der Waals surface area contributed by atoms with Crippen LogP contribution >= 0.6 is 11.6 Å². The van der Waals surface area contributed by atoms with E-state index in [1.165, 1.54) is 51.8 Å². The highest BCUT2D eigenvalue weighted by atomic mass is 35.5. The number of sulfonamides is 2. The summed E-state index contributed by atoms with van der Waals surface area (Å²) in [4.78, 5) is 26.0. The number of fused-ring (bicyclic) bond motifs is 2. The fourth-order valence-corrected chi connectivity index (χ4v) is 9.48. The zero-order chi connectivity index (χ0) is 45.5. The van der Waals surface area contributed by atoms with E-state index in [1.54, 1.807) is 12.1 Å². The minimum Gasteiger partial charge on any atom is -0.486 e. The molecule has 4 aromatic rings. The van der Waals surface area contributed by atoms with Crippen molar-refractivity contribution in [3.05, 3.63) is 126 Å². The summed E-state index contributed by atoms with van der Waals surface area (Å²) < 4.78 is 123. The van der Waals surface area contributed by atoms with E-state index < -0.39 is 43.3 Å². The van der Waals surface area contributed by atoms with Gasteiger partial charge in [0.1, 0.15) is 24.0 Å². The van der Waals surface area contributed by atoms with Crippen molar-refractivity contribution in [2.75, 3.05) is 51.9 Å². The van der Waals surface area contributed by atoms with Crippen LogP contribution in [0.4, 0.5) is 17.6 Å². The lowest BCUT2D eigenvalue weighted by molar-refractivity contribution is 0.180. The average Bonchev–Trinajstić information content (AvgIpc) is 3.91. The van der Waals surface area contributed by atoms with Crippen LogP contribution in [0.5, 0.6) is 11.5 Å². The molecule has 0 amide bonds. The lowest BCUT2D eigenvalue weighted by Gasteiger charge is -2.29. The molecule has 0 unspecified atom stereocenters. The first kappa shape index (κ1) is 48.2. The lowest BCUT2D eigenvalue weighted by Crippen LogP contribution is -2.39. The third kappa shape index (κ3) is 12.9. The number of halogens is 5. The molecule has 2 saturated heterocycles. The molecular formula is C42H49ClF4N4O10S2. The van der Waals surface area contributed by atoms with Crippen molar-refractivity contribution in [2.24, 2.45) is 11.8 Å². The Balaban J connectivity index is 0.000000177. The molecule has 0 radical (unpaired) electrons. The predicted molar refractivity (Wildman–Crippen MR) is 225 cm³/mol. The number of piperidine rings is 2. The van der Waals surface area contributed by atoms with Gasteiger partial charge in [0.15, 0.2) is 23.3 Å². The Morgan fingerprint density at radius 2 is 1.16 bits per heavy atom. The van der Waals surface area contributed by atoms with Crippen LogP contribution in [0.3, 0.4) is 0 Å². The van der Waals surface area contributed by atoms with Crippen LogP contribution in [0.15, 0.2) is 67.3 Å². The summed E-state index contributed by atoms with van der Waals surface area (Å²) in [5.74, 6) is -1.54. The molecule has 0 spiro atoms. The number of nitrogens with zero attached hydrogens (tertiary/aromatic N) is 3. The van der Waals surface area contributed by atoms with Gasteiger partial charge in [-0.05, 0) is 60.8 Å². The van der Waals surface area contributed by atoms with Gasteiger partial charge >= 0.3 is 0 Å². The Morgan fingerprint density at radius 3 is 1.65 bits per heavy atom. The quantitative estimate of drug-likeness (QED) is 0.149. The van der Waals surface area contributed by atoms with Crippen LogP contribution in [0.25, 0.3) is 0 Å². The van der Waals surface area contributed by atoms with Gasteiger partial charge in [0, 0.05) is 75.6 Å². The predicted octanol–water partition coefficient (Wildman–Crippen LogP) is 5.48. The molecule has 1 N–H and O–H groups in total. The first-order valence-corrected chi connectivity index (χ1v) is 24.4. The maximum absolute atomic E-state index is 13.9. The molecule has 2 aromatic carbocycles. The molecule has 2 aromatic heterocycles. The van der Waals surface area contributed by atoms with Gasteiger partial charge in [-0.15, -0.1) is 11.6 Å². The van der Waals surface area contributed by atoms with E-state index in [0.717, 1.165) is 30.0 Å². The van der Waals surface area contributed by atoms with Crippen LogP contribution in [0.1, 0.15) is 59.5 Å². The van der Waals surface area contributed by atoms with Crippen molar-refractivity contribution in [3.63, 3.8) is 0 Å². The highest BCUT2D eigenvalue weighted by Gasteiger charge is 2.28. The number of rotatable bonds is 11. The van der Waals surface area contributed by atoms with Gasteiger partial charge in [-0.3, -0.25) is 14.5 Å². The normalized spacial score (nSPS) is 17.6. The first-order chi connectivity index (χ1) is 29.9. The average molecular weight is 945 g/mol. The van der Waals surface area contributed by atoms with Crippen LogP contribution < -0.4 is 25.6 Å². The molecule has 0 saturated carbocycles. The summed E-state index contributed by atoms with van der Waals surface area (Å²) in [6.07, 6.45) is 7.74. The molecule has 14 nitrogen and oxygen atoms in total. The molecule has 63 heavy (non-hydrogen) atoms. The Hall–Kier alpha value is -4.31. The van der Waals surface area contributed by atoms with Gasteiger partial charge in [0.05, 0.1) is 38.2 Å². The highest BCUT2D eigenvalue weighted by molar-refractivity contribution is 7.88. The number of hydrogen-bond acceptors (Lipinski definition) is 12. The van der Waals surface area contributed by atoms with Gasteiger partial charge in [-0.25, -0.2) is 43.0 Å². The van der Waals surface area contributed by atoms with Crippen molar-refractivity contribution in [1.29, 1.82) is 0 Å². The number of nitrogens with one attached hydrogen (secondary N) is 1. The second-order valence-corrected chi connectivity index (χ2v) is 20.1. The van der Waals surface area contributed by atoms with Crippen LogP contribution in [0.2, 0.25) is 0 Å². The standard InChI is InChI=1S/C21H24F2N2O5S.C13H18ClNO5S.C8H7F2N/c1-31(27,28)25-6-4-14(5-7-25)12-30-20-13-29-16(8-19(20)26)10-24-9-15-2-3-18(22)21(23)17(15)11-24;1-21(17,18)15-4-2-10(3-5-15)8-20-13-9-19-11(7-14)6-12(13)16;9-7-2-1-5-3-11-4-6(5)8(7)10/h2-3,8,13-14H,4-7,9-12H2,1H3;6,9-10H,2-5,7-8H2,1H3;1-2,11H,3-4H2. The zero-order valence-corrected chi connectivity index (χ0v) is 37.1. The zero-order valence-electron chi connectivity index (χ0n) is 34.7. The van der Waals surface area contributed by atoms with Gasteiger partial charge in [-0.1, -0.05) is 12.1 Å². The van der Waals surface area contributed by atoms with E-state index in [1.807, 2.05) is 4.90 Å². The van der Waals surface area contributed by atoms with E-state index in [9.17, 15) is 44.0 Å². The van der Waals surface area contributed by atoms with E-state index in [2.05, 4.69) is 5.32 Å². The molecule has 0 bridgehead atoms. The summed E-state index contributed by atoms with van der Waals surface area (Å²) in [7, 11) is -6.29. The van der Waals surface area contributed by atoms with Crippen molar-refractivity contribution < 1.29 is 52.7 Å². The number of benzene rings is 2. The maximum Gasteiger partial charge on any atom is 0.227 e. The largest absolute Gasteiger partial charge is 0.486 e. The van der Waals surface area contributed by atoms with E-state index >= 15 is 0 Å². The van der Waals surface area contributed by atoms with Gasteiger partial charge in [-0.2, -0.15) is 0 Å². The third-order valence-electron chi connectivity index (χ3n) is 11.2. The number of ether oxygens (including phenoxy) is 2. The van der Waals surface area contributed by atoms with Crippen LogP contribution in [-0.2, 0) is 58.7 Å². The first-order valence-electron chi connectivity index (χ1n) is 20.2.